The molecule has 1 fully saturated rings. The van der Waals surface area contributed by atoms with Crippen LogP contribution in [-0.4, -0.2) is 65.2 Å². The Morgan fingerprint density at radius 2 is 1.78 bits per heavy atom. The highest BCUT2D eigenvalue weighted by Gasteiger charge is 2.33. The molecule has 10 heteroatoms. The number of rotatable bonds is 5. The Morgan fingerprint density at radius 3 is 2.53 bits per heavy atom. The molecule has 1 N–H and O–H groups in total. The second-order valence-electron chi connectivity index (χ2n) is 8.68. The quantitative estimate of drug-likeness (QED) is 0.501. The van der Waals surface area contributed by atoms with Gasteiger partial charge in [-0.15, -0.1) is 12.6 Å². The van der Waals surface area contributed by atoms with Crippen molar-refractivity contribution in [3.63, 3.8) is 0 Å². The standard InChI is InChI=1S/C26H24ClN5O3S/c27-17-4-5-23(36)20(14-17)25(34)29-22-3-1-2-19-21(22)15-32(26(19)35)16-24(33)31-12-10-30(11-13-31)18-6-8-28-9-7-18/h1-9,14,36H,10-13,15-16H2,(H,29,34). The Morgan fingerprint density at radius 1 is 1.03 bits per heavy atom. The van der Waals surface area contributed by atoms with Crippen LogP contribution in [0.3, 0.4) is 0 Å². The summed E-state index contributed by atoms with van der Waals surface area (Å²) in [5, 5.41) is 3.30. The highest BCUT2D eigenvalue weighted by molar-refractivity contribution is 7.80. The van der Waals surface area contributed by atoms with Gasteiger partial charge in [0.25, 0.3) is 11.8 Å². The molecule has 0 radical (unpaired) electrons. The molecule has 0 saturated carbocycles. The molecule has 0 aliphatic carbocycles. The molecule has 36 heavy (non-hydrogen) atoms. The van der Waals surface area contributed by atoms with Gasteiger partial charge in [0.1, 0.15) is 6.54 Å². The first-order valence-corrected chi connectivity index (χ1v) is 12.4. The monoisotopic (exact) mass is 521 g/mol. The number of nitrogens with zero attached hydrogens (tertiary/aromatic N) is 4. The van der Waals surface area contributed by atoms with Crippen molar-refractivity contribution in [1.82, 2.24) is 14.8 Å². The van der Waals surface area contributed by atoms with Gasteiger partial charge >= 0.3 is 0 Å². The van der Waals surface area contributed by atoms with Crippen molar-refractivity contribution < 1.29 is 14.4 Å². The molecular formula is C26H24ClN5O3S. The number of amides is 3. The first kappa shape index (κ1) is 24.1. The molecule has 3 heterocycles. The molecule has 1 aromatic heterocycles. The fourth-order valence-corrected chi connectivity index (χ4v) is 4.96. The van der Waals surface area contributed by atoms with Crippen LogP contribution in [0.5, 0.6) is 0 Å². The maximum Gasteiger partial charge on any atom is 0.256 e. The number of piperazine rings is 1. The van der Waals surface area contributed by atoms with E-state index in [4.69, 9.17) is 11.6 Å². The lowest BCUT2D eigenvalue weighted by atomic mass is 10.1. The number of carbonyl (C=O) groups is 3. The molecule has 2 aliphatic rings. The van der Waals surface area contributed by atoms with Crippen molar-refractivity contribution in [1.29, 1.82) is 0 Å². The molecule has 8 nitrogen and oxygen atoms in total. The Bertz CT molecular complexity index is 1330. The van der Waals surface area contributed by atoms with Crippen molar-refractivity contribution in [3.05, 3.63) is 82.6 Å². The third-order valence-corrected chi connectivity index (χ3v) is 7.11. The SMILES string of the molecule is O=C(Nc1cccc2c1CN(CC(=O)N1CCN(c3ccncc3)CC1)C2=O)c1cc(Cl)ccc1S. The molecule has 2 aliphatic heterocycles. The third-order valence-electron chi connectivity index (χ3n) is 6.48. The summed E-state index contributed by atoms with van der Waals surface area (Å²) in [4.78, 5) is 49.0. The van der Waals surface area contributed by atoms with E-state index in [1.54, 1.807) is 53.7 Å². The predicted molar refractivity (Wildman–Crippen MR) is 141 cm³/mol. The van der Waals surface area contributed by atoms with E-state index in [2.05, 4.69) is 27.8 Å². The molecule has 2 aromatic carbocycles. The maximum absolute atomic E-state index is 13.1. The minimum atomic E-state index is -0.370. The smallest absolute Gasteiger partial charge is 0.256 e. The Kier molecular flexibility index (Phi) is 6.84. The van der Waals surface area contributed by atoms with E-state index < -0.39 is 0 Å². The second-order valence-corrected chi connectivity index (χ2v) is 9.60. The lowest BCUT2D eigenvalue weighted by Gasteiger charge is -2.36. The van der Waals surface area contributed by atoms with Crippen LogP contribution in [0.2, 0.25) is 5.02 Å². The fraction of sp³-hybridized carbons (Fsp3) is 0.231. The Balaban J connectivity index is 1.23. The maximum atomic E-state index is 13.1. The fourth-order valence-electron chi connectivity index (χ4n) is 4.55. The average Bonchev–Trinajstić information content (AvgIpc) is 3.22. The molecule has 0 atom stereocenters. The van der Waals surface area contributed by atoms with Crippen LogP contribution in [0.15, 0.2) is 65.8 Å². The van der Waals surface area contributed by atoms with Crippen LogP contribution in [-0.2, 0) is 11.3 Å². The topological polar surface area (TPSA) is 85.8 Å². The van der Waals surface area contributed by atoms with E-state index in [1.165, 1.54) is 4.90 Å². The predicted octanol–water partition coefficient (Wildman–Crippen LogP) is 3.58. The summed E-state index contributed by atoms with van der Waals surface area (Å²) in [5.41, 5.74) is 3.12. The molecule has 3 aromatic rings. The Labute approximate surface area is 219 Å². The summed E-state index contributed by atoms with van der Waals surface area (Å²) in [7, 11) is 0. The average molecular weight is 522 g/mol. The largest absolute Gasteiger partial charge is 0.368 e. The molecule has 5 rings (SSSR count). The lowest BCUT2D eigenvalue weighted by molar-refractivity contribution is -0.132. The van der Waals surface area contributed by atoms with Crippen molar-refractivity contribution in [2.24, 2.45) is 0 Å². The molecular weight excluding hydrogens is 498 g/mol. The molecule has 184 valence electrons. The lowest BCUT2D eigenvalue weighted by Crippen LogP contribution is -2.51. The van der Waals surface area contributed by atoms with E-state index in [9.17, 15) is 14.4 Å². The summed E-state index contributed by atoms with van der Waals surface area (Å²) in [6.45, 7) is 2.85. The van der Waals surface area contributed by atoms with Gasteiger partial charge in [0.15, 0.2) is 0 Å². The van der Waals surface area contributed by atoms with Crippen molar-refractivity contribution >= 4 is 53.3 Å². The molecule has 3 amide bonds. The zero-order valence-electron chi connectivity index (χ0n) is 19.4. The van der Waals surface area contributed by atoms with Gasteiger partial charge < -0.3 is 20.0 Å². The highest BCUT2D eigenvalue weighted by atomic mass is 35.5. The molecule has 0 bridgehead atoms. The summed E-state index contributed by atoms with van der Waals surface area (Å²) in [6, 6.07) is 14.0. The van der Waals surface area contributed by atoms with Crippen LogP contribution >= 0.6 is 24.2 Å². The van der Waals surface area contributed by atoms with Crippen LogP contribution in [0.25, 0.3) is 0 Å². The molecule has 0 spiro atoms. The highest BCUT2D eigenvalue weighted by Crippen LogP contribution is 2.30. The van der Waals surface area contributed by atoms with E-state index in [0.717, 1.165) is 18.8 Å². The van der Waals surface area contributed by atoms with E-state index in [-0.39, 0.29) is 30.8 Å². The number of hydrogen-bond donors (Lipinski definition) is 2. The van der Waals surface area contributed by atoms with Gasteiger partial charge in [-0.1, -0.05) is 17.7 Å². The normalized spacial score (nSPS) is 15.2. The first-order chi connectivity index (χ1) is 17.4. The van der Waals surface area contributed by atoms with Gasteiger partial charge in [-0.25, -0.2) is 0 Å². The minimum absolute atomic E-state index is 0.00869. The van der Waals surface area contributed by atoms with Crippen molar-refractivity contribution in [2.45, 2.75) is 11.4 Å². The summed E-state index contributed by atoms with van der Waals surface area (Å²) in [6.07, 6.45) is 3.51. The number of thiol groups is 1. The first-order valence-electron chi connectivity index (χ1n) is 11.5. The number of benzene rings is 2. The van der Waals surface area contributed by atoms with E-state index in [0.29, 0.717) is 45.4 Å². The van der Waals surface area contributed by atoms with Gasteiger partial charge in [0.2, 0.25) is 5.91 Å². The summed E-state index contributed by atoms with van der Waals surface area (Å²) < 4.78 is 0. The number of pyridine rings is 1. The van der Waals surface area contributed by atoms with Gasteiger partial charge in [0.05, 0.1) is 5.56 Å². The zero-order valence-corrected chi connectivity index (χ0v) is 21.0. The van der Waals surface area contributed by atoms with Crippen LogP contribution in [0.4, 0.5) is 11.4 Å². The second kappa shape index (κ2) is 10.2. The number of aromatic nitrogens is 1. The number of halogens is 1. The van der Waals surface area contributed by atoms with Gasteiger partial charge in [-0.2, -0.15) is 0 Å². The summed E-state index contributed by atoms with van der Waals surface area (Å²) >= 11 is 10.4. The van der Waals surface area contributed by atoms with Gasteiger partial charge in [-0.3, -0.25) is 19.4 Å². The molecule has 0 unspecified atom stereocenters. The van der Waals surface area contributed by atoms with Crippen LogP contribution in [0.1, 0.15) is 26.3 Å². The number of carbonyl (C=O) groups excluding carboxylic acids is 3. The minimum Gasteiger partial charge on any atom is -0.368 e. The van der Waals surface area contributed by atoms with Crippen LogP contribution in [0, 0.1) is 0 Å². The van der Waals surface area contributed by atoms with Crippen molar-refractivity contribution in [2.75, 3.05) is 42.9 Å². The Hall–Kier alpha value is -3.56. The van der Waals surface area contributed by atoms with E-state index >= 15 is 0 Å². The number of hydrogen-bond acceptors (Lipinski definition) is 6. The van der Waals surface area contributed by atoms with Crippen LogP contribution < -0.4 is 10.2 Å². The van der Waals surface area contributed by atoms with E-state index in [1.807, 2.05) is 12.1 Å². The summed E-state index contributed by atoms with van der Waals surface area (Å²) in [5.74, 6) is -0.679. The molecule has 1 saturated heterocycles. The zero-order chi connectivity index (χ0) is 25.2. The third kappa shape index (κ3) is 4.89. The number of fused-ring (bicyclic) bond motifs is 1. The van der Waals surface area contributed by atoms with Crippen molar-refractivity contribution in [3.8, 4) is 0 Å². The number of nitrogens with one attached hydrogen (secondary N) is 1. The van der Waals surface area contributed by atoms with Gasteiger partial charge in [0, 0.05) is 77.5 Å². The number of anilines is 2. The van der Waals surface area contributed by atoms with Gasteiger partial charge in [-0.05, 0) is 42.5 Å².